The van der Waals surface area contributed by atoms with Crippen LogP contribution in [0.25, 0.3) is 0 Å². The van der Waals surface area contributed by atoms with Crippen molar-refractivity contribution in [2.24, 2.45) is 0 Å². The fourth-order valence-corrected chi connectivity index (χ4v) is 2.25. The molecule has 0 bridgehead atoms. The van der Waals surface area contributed by atoms with Gasteiger partial charge in [-0.3, -0.25) is 4.98 Å². The largest absolute Gasteiger partial charge is 0.369 e. The van der Waals surface area contributed by atoms with Crippen LogP contribution in [-0.4, -0.2) is 30.7 Å². The van der Waals surface area contributed by atoms with Crippen molar-refractivity contribution in [3.05, 3.63) is 54.1 Å². The van der Waals surface area contributed by atoms with Crippen LogP contribution in [0.3, 0.4) is 0 Å². The highest BCUT2D eigenvalue weighted by Crippen LogP contribution is 2.18. The smallest absolute Gasteiger partial charge is 0.323 e. The SMILES string of the molecule is O=C(Nc1ccc(F)cc1)Nc1ccc(C2CNCCO2)nc1.[HH]. The van der Waals surface area contributed by atoms with Gasteiger partial charge in [0.05, 0.1) is 24.2 Å². The number of urea groups is 1. The zero-order valence-corrected chi connectivity index (χ0v) is 12.4. The molecule has 1 saturated heterocycles. The molecule has 0 radical (unpaired) electrons. The number of carbonyl (C=O) groups excluding carboxylic acids is 1. The Hall–Kier alpha value is -2.51. The van der Waals surface area contributed by atoms with E-state index in [1.165, 1.54) is 24.3 Å². The molecule has 7 heteroatoms. The highest BCUT2D eigenvalue weighted by molar-refractivity contribution is 5.99. The Balaban J connectivity index is 0.00000208. The molecule has 1 aromatic heterocycles. The molecule has 2 heterocycles. The molecular weight excluding hydrogens is 299 g/mol. The third-order valence-electron chi connectivity index (χ3n) is 3.40. The molecule has 1 aliphatic rings. The van der Waals surface area contributed by atoms with E-state index in [-0.39, 0.29) is 13.3 Å². The number of morpholine rings is 1. The van der Waals surface area contributed by atoms with Crippen molar-refractivity contribution in [3.8, 4) is 0 Å². The molecule has 0 spiro atoms. The minimum Gasteiger partial charge on any atom is -0.369 e. The third-order valence-corrected chi connectivity index (χ3v) is 3.40. The van der Waals surface area contributed by atoms with Crippen LogP contribution < -0.4 is 16.0 Å². The first-order valence-corrected chi connectivity index (χ1v) is 7.32. The van der Waals surface area contributed by atoms with Crippen LogP contribution >= 0.6 is 0 Å². The number of pyridine rings is 1. The Morgan fingerprint density at radius 2 is 1.96 bits per heavy atom. The van der Waals surface area contributed by atoms with E-state index in [1.807, 2.05) is 6.07 Å². The van der Waals surface area contributed by atoms with Gasteiger partial charge in [-0.1, -0.05) is 0 Å². The van der Waals surface area contributed by atoms with E-state index < -0.39 is 6.03 Å². The maximum Gasteiger partial charge on any atom is 0.323 e. The first-order chi connectivity index (χ1) is 11.2. The van der Waals surface area contributed by atoms with Crippen LogP contribution in [0.15, 0.2) is 42.6 Å². The predicted octanol–water partition coefficient (Wildman–Crippen LogP) is 2.77. The lowest BCUT2D eigenvalue weighted by atomic mass is 10.2. The number of hydrogen-bond donors (Lipinski definition) is 3. The highest BCUT2D eigenvalue weighted by Gasteiger charge is 2.16. The molecule has 2 amide bonds. The summed E-state index contributed by atoms with van der Waals surface area (Å²) in [6, 6.07) is 8.72. The van der Waals surface area contributed by atoms with Crippen LogP contribution in [0, 0.1) is 5.82 Å². The minimum absolute atomic E-state index is 0. The van der Waals surface area contributed by atoms with E-state index in [2.05, 4.69) is 20.9 Å². The fourth-order valence-electron chi connectivity index (χ4n) is 2.25. The third kappa shape index (κ3) is 4.24. The van der Waals surface area contributed by atoms with Gasteiger partial charge < -0.3 is 20.7 Å². The molecule has 0 saturated carbocycles. The number of benzene rings is 1. The summed E-state index contributed by atoms with van der Waals surface area (Å²) in [5.74, 6) is -0.352. The second-order valence-corrected chi connectivity index (χ2v) is 5.12. The summed E-state index contributed by atoms with van der Waals surface area (Å²) in [5.41, 5.74) is 1.90. The molecule has 1 fully saturated rings. The van der Waals surface area contributed by atoms with Gasteiger partial charge in [-0.2, -0.15) is 0 Å². The van der Waals surface area contributed by atoms with Crippen LogP contribution in [0.1, 0.15) is 13.2 Å². The van der Waals surface area contributed by atoms with Crippen molar-refractivity contribution in [3.63, 3.8) is 0 Å². The summed E-state index contributed by atoms with van der Waals surface area (Å²) in [6.07, 6.45) is 1.52. The number of hydrogen-bond acceptors (Lipinski definition) is 4. The Morgan fingerprint density at radius 1 is 1.22 bits per heavy atom. The van der Waals surface area contributed by atoms with E-state index in [4.69, 9.17) is 4.74 Å². The zero-order chi connectivity index (χ0) is 16.1. The van der Waals surface area contributed by atoms with Crippen molar-refractivity contribution in [1.82, 2.24) is 10.3 Å². The molecule has 1 unspecified atom stereocenters. The topological polar surface area (TPSA) is 75.3 Å². The summed E-state index contributed by atoms with van der Waals surface area (Å²) in [4.78, 5) is 16.2. The Kier molecular flexibility index (Phi) is 4.80. The molecule has 122 valence electrons. The van der Waals surface area contributed by atoms with Crippen molar-refractivity contribution in [2.75, 3.05) is 30.3 Å². The van der Waals surface area contributed by atoms with Gasteiger partial charge >= 0.3 is 6.03 Å². The minimum atomic E-state index is -0.415. The maximum absolute atomic E-state index is 12.8. The number of nitrogens with zero attached hydrogens (tertiary/aromatic N) is 1. The van der Waals surface area contributed by atoms with E-state index in [1.54, 1.807) is 12.3 Å². The van der Waals surface area contributed by atoms with E-state index in [0.29, 0.717) is 18.0 Å². The molecule has 3 rings (SSSR count). The molecule has 1 aliphatic heterocycles. The van der Waals surface area contributed by atoms with Crippen LogP contribution in [0.2, 0.25) is 0 Å². The molecule has 3 N–H and O–H groups in total. The molecule has 1 aromatic carbocycles. The number of aromatic nitrogens is 1. The first-order valence-electron chi connectivity index (χ1n) is 7.32. The first kappa shape index (κ1) is 15.4. The summed E-state index contributed by atoms with van der Waals surface area (Å²) in [5, 5.41) is 8.53. The lowest BCUT2D eigenvalue weighted by Gasteiger charge is -2.23. The van der Waals surface area contributed by atoms with E-state index >= 15 is 0 Å². The number of amides is 2. The van der Waals surface area contributed by atoms with E-state index in [0.717, 1.165) is 18.8 Å². The lowest BCUT2D eigenvalue weighted by molar-refractivity contribution is 0.0250. The van der Waals surface area contributed by atoms with Gasteiger partial charge in [-0.05, 0) is 36.4 Å². The van der Waals surface area contributed by atoms with Crippen molar-refractivity contribution < 1.29 is 15.3 Å². The number of anilines is 2. The lowest BCUT2D eigenvalue weighted by Crippen LogP contribution is -2.33. The van der Waals surface area contributed by atoms with Gasteiger partial charge in [0.25, 0.3) is 0 Å². The Labute approximate surface area is 134 Å². The average Bonchev–Trinajstić information content (AvgIpc) is 2.58. The van der Waals surface area contributed by atoms with Gasteiger partial charge in [0.2, 0.25) is 0 Å². The average molecular weight is 318 g/mol. The van der Waals surface area contributed by atoms with Gasteiger partial charge in [0.15, 0.2) is 0 Å². The summed E-state index contributed by atoms with van der Waals surface area (Å²) < 4.78 is 18.4. The van der Waals surface area contributed by atoms with Crippen LogP contribution in [-0.2, 0) is 4.74 Å². The second kappa shape index (κ2) is 7.17. The number of halogens is 1. The molecule has 0 aliphatic carbocycles. The fraction of sp³-hybridized carbons (Fsp3) is 0.250. The number of carbonyl (C=O) groups is 1. The van der Waals surface area contributed by atoms with Crippen molar-refractivity contribution in [2.45, 2.75) is 6.10 Å². The molecule has 6 nitrogen and oxygen atoms in total. The van der Waals surface area contributed by atoms with Gasteiger partial charge in [0, 0.05) is 20.2 Å². The molecular formula is C16H19FN4O2. The van der Waals surface area contributed by atoms with Crippen LogP contribution in [0.5, 0.6) is 0 Å². The normalized spacial score (nSPS) is 17.5. The predicted molar refractivity (Wildman–Crippen MR) is 87.0 cm³/mol. The molecule has 23 heavy (non-hydrogen) atoms. The standard InChI is InChI=1S/C16H17FN4O2.H2/c17-11-1-3-12(4-2-11)20-16(22)21-13-5-6-14(19-9-13)15-10-18-7-8-23-15;/h1-6,9,15,18H,7-8,10H2,(H2,20,21,22);1H. The summed E-state index contributed by atoms with van der Waals surface area (Å²) >= 11 is 0. The van der Waals surface area contributed by atoms with E-state index in [9.17, 15) is 9.18 Å². The highest BCUT2D eigenvalue weighted by atomic mass is 19.1. The molecule has 1 atom stereocenters. The zero-order valence-electron chi connectivity index (χ0n) is 12.4. The summed E-state index contributed by atoms with van der Waals surface area (Å²) in [7, 11) is 0. The van der Waals surface area contributed by atoms with Gasteiger partial charge in [0.1, 0.15) is 11.9 Å². The van der Waals surface area contributed by atoms with Gasteiger partial charge in [-0.25, -0.2) is 9.18 Å². The van der Waals surface area contributed by atoms with Crippen molar-refractivity contribution >= 4 is 17.4 Å². The van der Waals surface area contributed by atoms with Gasteiger partial charge in [-0.15, -0.1) is 0 Å². The number of ether oxygens (including phenoxy) is 1. The van der Waals surface area contributed by atoms with Crippen molar-refractivity contribution in [1.29, 1.82) is 0 Å². The Bertz CT molecular complexity index is 661. The Morgan fingerprint density at radius 3 is 2.61 bits per heavy atom. The number of rotatable bonds is 3. The number of nitrogens with one attached hydrogen (secondary N) is 3. The van der Waals surface area contributed by atoms with Crippen LogP contribution in [0.4, 0.5) is 20.6 Å². The quantitative estimate of drug-likeness (QED) is 0.813. The monoisotopic (exact) mass is 318 g/mol. The second-order valence-electron chi connectivity index (χ2n) is 5.12. The summed E-state index contributed by atoms with van der Waals surface area (Å²) in [6.45, 7) is 2.23. The maximum atomic E-state index is 12.8. The molecule has 2 aromatic rings.